The van der Waals surface area contributed by atoms with Gasteiger partial charge in [0.15, 0.2) is 11.6 Å². The van der Waals surface area contributed by atoms with Crippen molar-refractivity contribution in [2.45, 2.75) is 89.5 Å². The van der Waals surface area contributed by atoms with Gasteiger partial charge in [-0.3, -0.25) is 0 Å². The third-order valence-corrected chi connectivity index (χ3v) is 2.56. The second-order valence-corrected chi connectivity index (χ2v) is 4.55. The largest absolute Gasteiger partial charge is 0.380 e. The van der Waals surface area contributed by atoms with Gasteiger partial charge in [0.1, 0.15) is 0 Å². The molecule has 4 N–H and O–H groups in total. The Bertz CT molecular complexity index is 803. The fraction of sp³-hybridized carbons (Fsp3) is 0.520. The zero-order chi connectivity index (χ0) is 26.7. The number of anilines is 2. The summed E-state index contributed by atoms with van der Waals surface area (Å²) in [5, 5.41) is 8.60. The summed E-state index contributed by atoms with van der Waals surface area (Å²) in [6, 6.07) is 7.20. The van der Waals surface area contributed by atoms with E-state index < -0.39 is 0 Å². The van der Waals surface area contributed by atoms with E-state index in [1.54, 1.807) is 24.5 Å². The van der Waals surface area contributed by atoms with Crippen LogP contribution in [-0.2, 0) is 0 Å². The van der Waals surface area contributed by atoms with Gasteiger partial charge < -0.3 is 20.5 Å². The third kappa shape index (κ3) is 15.3. The van der Waals surface area contributed by atoms with Gasteiger partial charge in [-0.1, -0.05) is 99.8 Å². The molecule has 0 unspecified atom stereocenters. The molecule has 4 aromatic rings. The minimum Gasteiger partial charge on any atom is -0.380 e. The van der Waals surface area contributed by atoms with Crippen LogP contribution in [0.5, 0.6) is 0 Å². The van der Waals surface area contributed by atoms with Crippen molar-refractivity contribution in [1.82, 2.24) is 20.3 Å². The molecule has 0 spiro atoms. The van der Waals surface area contributed by atoms with Crippen LogP contribution < -0.4 is 11.5 Å². The van der Waals surface area contributed by atoms with Crippen molar-refractivity contribution < 1.29 is 9.05 Å². The summed E-state index contributed by atoms with van der Waals surface area (Å²) < 4.78 is 9.53. The first-order valence-electron chi connectivity index (χ1n) is 12.1. The molecular formula is C25H48N6O2. The molecule has 8 heteroatoms. The van der Waals surface area contributed by atoms with Crippen LogP contribution in [0.2, 0.25) is 0 Å². The van der Waals surface area contributed by atoms with Gasteiger partial charge in [0.05, 0.1) is 10.8 Å². The SMILES string of the molecule is CC.CC.CC.CC.CC.CCC.Nc1noc2ncccc12.Nc1noc2ncccc12. The average Bonchev–Trinajstić information content (AvgIpc) is 3.49. The highest BCUT2D eigenvalue weighted by atomic mass is 16.5. The molecule has 0 bridgehead atoms. The topological polar surface area (TPSA) is 130 Å². The number of aromatic nitrogens is 4. The fourth-order valence-corrected chi connectivity index (χ4v) is 1.60. The highest BCUT2D eigenvalue weighted by Crippen LogP contribution is 2.16. The number of nitrogens with zero attached hydrogens (tertiary/aromatic N) is 4. The van der Waals surface area contributed by atoms with E-state index >= 15 is 0 Å². The Kier molecular flexibility index (Phi) is 32.5. The Labute approximate surface area is 201 Å². The summed E-state index contributed by atoms with van der Waals surface area (Å²) in [6.45, 7) is 24.2. The Morgan fingerprint density at radius 3 is 1.12 bits per heavy atom. The van der Waals surface area contributed by atoms with Gasteiger partial charge in [-0.2, -0.15) is 0 Å². The van der Waals surface area contributed by atoms with Crippen LogP contribution in [0.25, 0.3) is 22.2 Å². The van der Waals surface area contributed by atoms with Gasteiger partial charge in [0.25, 0.3) is 11.4 Å². The molecule has 0 aromatic carbocycles. The van der Waals surface area contributed by atoms with Gasteiger partial charge in [0.2, 0.25) is 0 Å². The number of hydrogen-bond donors (Lipinski definition) is 2. The summed E-state index contributed by atoms with van der Waals surface area (Å²) in [4.78, 5) is 7.79. The smallest absolute Gasteiger partial charge is 0.259 e. The first-order chi connectivity index (χ1) is 16.2. The summed E-state index contributed by atoms with van der Waals surface area (Å²) in [6.07, 6.45) is 4.51. The molecule has 8 nitrogen and oxygen atoms in total. The lowest BCUT2D eigenvalue weighted by Gasteiger charge is -1.81. The van der Waals surface area contributed by atoms with Crippen molar-refractivity contribution in [3.05, 3.63) is 36.7 Å². The van der Waals surface area contributed by atoms with E-state index in [1.165, 1.54) is 6.42 Å². The molecule has 4 aromatic heterocycles. The second kappa shape index (κ2) is 28.8. The molecular weight excluding hydrogens is 416 g/mol. The highest BCUT2D eigenvalue weighted by Gasteiger charge is 2.02. The maximum atomic E-state index is 5.43. The van der Waals surface area contributed by atoms with E-state index in [2.05, 4.69) is 34.1 Å². The van der Waals surface area contributed by atoms with Crippen LogP contribution in [0.4, 0.5) is 11.6 Å². The zero-order valence-electron chi connectivity index (χ0n) is 22.9. The molecule has 0 aliphatic carbocycles. The molecule has 0 fully saturated rings. The first kappa shape index (κ1) is 37.2. The molecule has 33 heavy (non-hydrogen) atoms. The van der Waals surface area contributed by atoms with Crippen LogP contribution in [0.1, 0.15) is 89.5 Å². The Morgan fingerprint density at radius 1 is 0.606 bits per heavy atom. The standard InChI is InChI=1S/2C6H5N3O.C3H8.5C2H6/c2*7-5-4-2-1-3-8-6(4)10-9-5;1-3-2;5*1-2/h2*1-3H,(H2,7,9);3H2,1-2H3;5*1-2H3. The maximum absolute atomic E-state index is 5.43. The number of nitrogens with two attached hydrogens (primary N) is 2. The molecule has 4 heterocycles. The van der Waals surface area contributed by atoms with Gasteiger partial charge in [-0.05, 0) is 24.3 Å². The summed E-state index contributed by atoms with van der Waals surface area (Å²) in [5.41, 5.74) is 11.8. The monoisotopic (exact) mass is 464 g/mol. The molecule has 0 atom stereocenters. The van der Waals surface area contributed by atoms with Gasteiger partial charge in [-0.25, -0.2) is 9.97 Å². The lowest BCUT2D eigenvalue weighted by atomic mass is 10.3. The molecule has 0 saturated carbocycles. The maximum Gasteiger partial charge on any atom is 0.259 e. The van der Waals surface area contributed by atoms with Crippen molar-refractivity contribution >= 4 is 33.8 Å². The Morgan fingerprint density at radius 2 is 0.879 bits per heavy atom. The van der Waals surface area contributed by atoms with E-state index in [0.29, 0.717) is 23.1 Å². The number of rotatable bonds is 0. The van der Waals surface area contributed by atoms with Crippen LogP contribution in [0, 0.1) is 0 Å². The predicted octanol–water partition coefficient (Wildman–Crippen LogP) is 8.16. The minimum absolute atomic E-state index is 0.392. The molecule has 4 rings (SSSR count). The Balaban J connectivity index is -0.000000172. The average molecular weight is 465 g/mol. The van der Waals surface area contributed by atoms with Crippen LogP contribution in [0.15, 0.2) is 45.7 Å². The van der Waals surface area contributed by atoms with Crippen LogP contribution in [-0.4, -0.2) is 20.3 Å². The minimum atomic E-state index is 0.392. The highest BCUT2D eigenvalue weighted by molar-refractivity contribution is 5.84. The van der Waals surface area contributed by atoms with Crippen molar-refractivity contribution in [2.24, 2.45) is 0 Å². The molecule has 0 aliphatic rings. The van der Waals surface area contributed by atoms with E-state index in [4.69, 9.17) is 20.5 Å². The molecule has 0 radical (unpaired) electrons. The summed E-state index contributed by atoms with van der Waals surface area (Å²) in [5.74, 6) is 0.784. The van der Waals surface area contributed by atoms with E-state index in [-0.39, 0.29) is 0 Å². The van der Waals surface area contributed by atoms with Crippen molar-refractivity contribution in [3.63, 3.8) is 0 Å². The number of fused-ring (bicyclic) bond motifs is 2. The third-order valence-electron chi connectivity index (χ3n) is 2.56. The van der Waals surface area contributed by atoms with Gasteiger partial charge in [-0.15, -0.1) is 0 Å². The lowest BCUT2D eigenvalue weighted by Crippen LogP contribution is -1.82. The van der Waals surface area contributed by atoms with Crippen molar-refractivity contribution in [2.75, 3.05) is 11.5 Å². The normalized spacial score (nSPS) is 7.76. The predicted molar refractivity (Wildman–Crippen MR) is 145 cm³/mol. The van der Waals surface area contributed by atoms with E-state index in [1.807, 2.05) is 81.4 Å². The molecule has 190 valence electrons. The quantitative estimate of drug-likeness (QED) is 0.266. The second-order valence-electron chi connectivity index (χ2n) is 4.55. The van der Waals surface area contributed by atoms with Crippen LogP contribution in [0.3, 0.4) is 0 Å². The van der Waals surface area contributed by atoms with Crippen molar-refractivity contribution in [3.8, 4) is 0 Å². The zero-order valence-corrected chi connectivity index (χ0v) is 22.9. The van der Waals surface area contributed by atoms with Gasteiger partial charge >= 0.3 is 0 Å². The van der Waals surface area contributed by atoms with Crippen molar-refractivity contribution in [1.29, 1.82) is 0 Å². The number of nitrogen functional groups attached to an aromatic ring is 2. The van der Waals surface area contributed by atoms with E-state index in [0.717, 1.165) is 10.8 Å². The summed E-state index contributed by atoms with van der Waals surface area (Å²) >= 11 is 0. The fourth-order valence-electron chi connectivity index (χ4n) is 1.60. The molecule has 0 saturated heterocycles. The molecule has 0 amide bonds. The number of hydrogen-bond acceptors (Lipinski definition) is 8. The van der Waals surface area contributed by atoms with E-state index in [9.17, 15) is 0 Å². The van der Waals surface area contributed by atoms with Crippen LogP contribution >= 0.6 is 0 Å². The first-order valence-corrected chi connectivity index (χ1v) is 12.1. The lowest BCUT2D eigenvalue weighted by molar-refractivity contribution is 0.452. The molecule has 0 aliphatic heterocycles. The number of pyridine rings is 2. The Hall–Kier alpha value is -3.16. The summed E-state index contributed by atoms with van der Waals surface area (Å²) in [7, 11) is 0. The van der Waals surface area contributed by atoms with Gasteiger partial charge in [0, 0.05) is 12.4 Å².